The first-order valence-electron chi connectivity index (χ1n) is 21.0. The van der Waals surface area contributed by atoms with Crippen LogP contribution in [0.4, 0.5) is 10.1 Å². The van der Waals surface area contributed by atoms with Gasteiger partial charge in [0.05, 0.1) is 32.7 Å². The molecule has 0 bridgehead atoms. The van der Waals surface area contributed by atoms with E-state index in [0.717, 1.165) is 125 Å². The van der Waals surface area contributed by atoms with Crippen LogP contribution in [0.5, 0.6) is 0 Å². The fourth-order valence-corrected chi connectivity index (χ4v) is 10.5. The smallest absolute Gasteiger partial charge is 0.282 e. The predicted molar refractivity (Wildman–Crippen MR) is 223 cm³/mol. The molecule has 0 radical (unpaired) electrons. The molecule has 5 aliphatic rings. The van der Waals surface area contributed by atoms with Crippen molar-refractivity contribution < 1.29 is 4.39 Å². The molecule has 288 valence electrons. The van der Waals surface area contributed by atoms with Gasteiger partial charge in [-0.25, -0.2) is 4.39 Å². The first kappa shape index (κ1) is 36.7. The second-order valence-corrected chi connectivity index (χ2v) is 17.7. The number of likely N-dealkylation sites (tertiary alicyclic amines) is 1. The standard InChI is InChI=1S/C47H55ClFN5O/c1-31(9-10-32(2)50-29-33-11-12-33)36-14-16-41(40(49)27-36)53-25-17-34(18-26-53)30-52-23-19-35(20-24-52)37-13-15-38-43(28-37)54-42-8-6-7-39(48)44(42)45(55)51-46(54)47(38)21-4-3-5-22-47/h6-8,13-16,27-29,31,34-35,50H,2-5,9-12,17-26,30H2,1H3. The quantitative estimate of drug-likeness (QED) is 0.175. The van der Waals surface area contributed by atoms with E-state index < -0.39 is 0 Å². The van der Waals surface area contributed by atoms with Crippen LogP contribution in [0, 0.1) is 11.7 Å². The summed E-state index contributed by atoms with van der Waals surface area (Å²) in [6.45, 7) is 11.5. The van der Waals surface area contributed by atoms with Crippen molar-refractivity contribution in [1.29, 1.82) is 0 Å². The van der Waals surface area contributed by atoms with E-state index in [2.05, 4.69) is 63.7 Å². The van der Waals surface area contributed by atoms with E-state index in [1.165, 1.54) is 41.6 Å². The molecule has 1 aromatic heterocycles. The van der Waals surface area contributed by atoms with Gasteiger partial charge in [0.15, 0.2) is 0 Å². The highest BCUT2D eigenvalue weighted by Gasteiger charge is 2.46. The zero-order valence-corrected chi connectivity index (χ0v) is 33.1. The number of aromatic nitrogens is 2. The van der Waals surface area contributed by atoms with Gasteiger partial charge in [-0.2, -0.15) is 4.98 Å². The number of benzene rings is 3. The summed E-state index contributed by atoms with van der Waals surface area (Å²) in [4.78, 5) is 23.1. The van der Waals surface area contributed by atoms with Crippen LogP contribution < -0.4 is 15.8 Å². The maximum Gasteiger partial charge on any atom is 0.282 e. The van der Waals surface area contributed by atoms with Gasteiger partial charge in [-0.05, 0) is 148 Å². The molecule has 4 aromatic rings. The fraction of sp³-hybridized carbons (Fsp3) is 0.489. The molecule has 4 heterocycles. The maximum atomic E-state index is 15.5. The Bertz CT molecular complexity index is 2180. The summed E-state index contributed by atoms with van der Waals surface area (Å²) in [5, 5.41) is 4.32. The van der Waals surface area contributed by atoms with Crippen molar-refractivity contribution in [1.82, 2.24) is 19.8 Å². The van der Waals surface area contributed by atoms with Gasteiger partial charge in [-0.1, -0.05) is 74.2 Å². The Balaban J connectivity index is 0.810. The number of hydrogen-bond donors (Lipinski definition) is 1. The zero-order chi connectivity index (χ0) is 37.7. The third kappa shape index (κ3) is 7.16. The normalized spacial score (nSPS) is 20.4. The number of anilines is 1. The largest absolute Gasteiger partial charge is 0.369 e. The fourth-order valence-electron chi connectivity index (χ4n) is 10.3. The van der Waals surface area contributed by atoms with Gasteiger partial charge in [-0.3, -0.25) is 9.36 Å². The molecule has 1 spiro atoms. The van der Waals surface area contributed by atoms with Gasteiger partial charge in [-0.15, -0.1) is 0 Å². The Labute approximate surface area is 330 Å². The lowest BCUT2D eigenvalue weighted by molar-refractivity contribution is 0.170. The third-order valence-electron chi connectivity index (χ3n) is 13.7. The van der Waals surface area contributed by atoms with E-state index in [9.17, 15) is 4.79 Å². The number of piperidine rings is 2. The van der Waals surface area contributed by atoms with Crippen molar-refractivity contribution in [2.75, 3.05) is 37.6 Å². The Hall–Kier alpha value is -3.94. The second-order valence-electron chi connectivity index (χ2n) is 17.3. The van der Waals surface area contributed by atoms with Crippen molar-refractivity contribution in [3.63, 3.8) is 0 Å². The average molecular weight is 760 g/mol. The van der Waals surface area contributed by atoms with Gasteiger partial charge < -0.3 is 15.1 Å². The summed E-state index contributed by atoms with van der Waals surface area (Å²) < 4.78 is 17.8. The van der Waals surface area contributed by atoms with Crippen LogP contribution in [0.25, 0.3) is 16.6 Å². The molecular formula is C47H55ClFN5O. The Morgan fingerprint density at radius 2 is 1.78 bits per heavy atom. The predicted octanol–water partition coefficient (Wildman–Crippen LogP) is 10.5. The lowest BCUT2D eigenvalue weighted by Gasteiger charge is -2.38. The molecule has 1 atom stereocenters. The first-order valence-corrected chi connectivity index (χ1v) is 21.4. The van der Waals surface area contributed by atoms with Crippen LogP contribution in [0.2, 0.25) is 5.02 Å². The van der Waals surface area contributed by atoms with E-state index in [0.29, 0.717) is 22.2 Å². The van der Waals surface area contributed by atoms with Crippen LogP contribution in [0.3, 0.4) is 0 Å². The summed E-state index contributed by atoms with van der Waals surface area (Å²) in [6, 6.07) is 18.9. The van der Waals surface area contributed by atoms with Crippen molar-refractivity contribution >= 4 is 28.2 Å². The number of allylic oxidation sites excluding steroid dienone is 2. The van der Waals surface area contributed by atoms with E-state index >= 15 is 4.39 Å². The lowest BCUT2D eigenvalue weighted by Crippen LogP contribution is -2.41. The van der Waals surface area contributed by atoms with Crippen LogP contribution >= 0.6 is 11.6 Å². The molecular weight excluding hydrogens is 705 g/mol. The minimum Gasteiger partial charge on any atom is -0.369 e. The SMILES string of the molecule is C=C(CCC(C)c1ccc(N2CCC(CN3CCC(c4ccc5c(c4)-n4c(nc(=O)c6c(Cl)cccc64)C54CCCCC4)CC3)CC2)c(F)c1)NC=C1CC1. The molecule has 55 heavy (non-hydrogen) atoms. The number of nitrogens with zero attached hydrogens (tertiary/aromatic N) is 4. The van der Waals surface area contributed by atoms with Gasteiger partial charge in [0.25, 0.3) is 5.56 Å². The molecule has 1 N–H and O–H groups in total. The highest BCUT2D eigenvalue weighted by molar-refractivity contribution is 6.35. The van der Waals surface area contributed by atoms with Crippen LogP contribution in [-0.4, -0.2) is 47.2 Å². The number of halogens is 2. The highest BCUT2D eigenvalue weighted by atomic mass is 35.5. The molecule has 6 nitrogen and oxygen atoms in total. The molecule has 3 aromatic carbocycles. The Kier molecular flexibility index (Phi) is 10.1. The molecule has 3 aliphatic heterocycles. The molecule has 4 fully saturated rings. The third-order valence-corrected chi connectivity index (χ3v) is 14.1. The Morgan fingerprint density at radius 1 is 1.00 bits per heavy atom. The highest BCUT2D eigenvalue weighted by Crippen LogP contribution is 2.52. The number of nitrogens with one attached hydrogen (secondary N) is 1. The van der Waals surface area contributed by atoms with Gasteiger partial charge in [0, 0.05) is 25.3 Å². The lowest BCUT2D eigenvalue weighted by atomic mass is 9.69. The van der Waals surface area contributed by atoms with E-state index in [4.69, 9.17) is 16.6 Å². The van der Waals surface area contributed by atoms with Crippen molar-refractivity contribution in [3.05, 3.63) is 122 Å². The minimum atomic E-state index is -0.210. The summed E-state index contributed by atoms with van der Waals surface area (Å²) in [5.41, 5.74) is 8.70. The molecule has 9 rings (SSSR count). The molecule has 0 amide bonds. The number of hydrogen-bond acceptors (Lipinski definition) is 5. The van der Waals surface area contributed by atoms with Crippen molar-refractivity contribution in [3.8, 4) is 5.69 Å². The summed E-state index contributed by atoms with van der Waals surface area (Å²) >= 11 is 6.61. The molecule has 8 heteroatoms. The average Bonchev–Trinajstić information content (AvgIpc) is 4.01. The van der Waals surface area contributed by atoms with E-state index in [-0.39, 0.29) is 22.7 Å². The van der Waals surface area contributed by atoms with Gasteiger partial charge in [0.2, 0.25) is 0 Å². The van der Waals surface area contributed by atoms with Crippen LogP contribution in [-0.2, 0) is 5.41 Å². The maximum absolute atomic E-state index is 15.5. The zero-order valence-electron chi connectivity index (χ0n) is 32.4. The van der Waals surface area contributed by atoms with Crippen LogP contribution in [0.15, 0.2) is 83.4 Å². The van der Waals surface area contributed by atoms with Gasteiger partial charge in [0.1, 0.15) is 11.6 Å². The van der Waals surface area contributed by atoms with Crippen molar-refractivity contribution in [2.45, 2.75) is 108 Å². The first-order chi connectivity index (χ1) is 26.8. The molecule has 2 saturated heterocycles. The summed E-state index contributed by atoms with van der Waals surface area (Å²) in [5.74, 6) is 2.25. The molecule has 2 saturated carbocycles. The Morgan fingerprint density at radius 3 is 2.53 bits per heavy atom. The molecule has 2 aliphatic carbocycles. The van der Waals surface area contributed by atoms with Crippen molar-refractivity contribution in [2.24, 2.45) is 5.92 Å². The monoisotopic (exact) mass is 759 g/mol. The number of rotatable bonds is 10. The molecule has 1 unspecified atom stereocenters. The topological polar surface area (TPSA) is 53.4 Å². The minimum absolute atomic E-state index is 0.0916. The van der Waals surface area contributed by atoms with Gasteiger partial charge >= 0.3 is 0 Å². The number of fused-ring (bicyclic) bond motifs is 7. The van der Waals surface area contributed by atoms with E-state index in [1.54, 1.807) is 12.1 Å². The summed E-state index contributed by atoms with van der Waals surface area (Å²) in [6.07, 6.45) is 16.4. The van der Waals surface area contributed by atoms with Crippen LogP contribution in [0.1, 0.15) is 125 Å². The summed E-state index contributed by atoms with van der Waals surface area (Å²) in [7, 11) is 0. The van der Waals surface area contributed by atoms with E-state index in [1.807, 2.05) is 18.2 Å². The second kappa shape index (κ2) is 15.2.